The number of amides is 1. The lowest BCUT2D eigenvalue weighted by Gasteiger charge is -2.12. The van der Waals surface area contributed by atoms with Gasteiger partial charge in [-0.2, -0.15) is 0 Å². The van der Waals surface area contributed by atoms with E-state index in [1.54, 1.807) is 27.2 Å². The number of fused-ring (bicyclic) bond motifs is 3. The van der Waals surface area contributed by atoms with Crippen molar-refractivity contribution < 1.29 is 14.3 Å². The van der Waals surface area contributed by atoms with Gasteiger partial charge in [0.15, 0.2) is 5.82 Å². The highest BCUT2D eigenvalue weighted by atomic mass is 16.5. The van der Waals surface area contributed by atoms with Crippen LogP contribution in [0.1, 0.15) is 23.1 Å². The first-order valence-corrected chi connectivity index (χ1v) is 9.01. The van der Waals surface area contributed by atoms with E-state index in [4.69, 9.17) is 15.2 Å². The number of rotatable bonds is 6. The molecule has 4 aromatic rings. The molecule has 1 amide bonds. The van der Waals surface area contributed by atoms with Gasteiger partial charge in [-0.05, 0) is 37.3 Å². The van der Waals surface area contributed by atoms with E-state index in [0.717, 1.165) is 0 Å². The van der Waals surface area contributed by atoms with Gasteiger partial charge in [0.2, 0.25) is 5.78 Å². The number of primary amides is 1. The van der Waals surface area contributed by atoms with Gasteiger partial charge in [-0.15, -0.1) is 10.2 Å². The van der Waals surface area contributed by atoms with Crippen LogP contribution >= 0.6 is 0 Å². The van der Waals surface area contributed by atoms with Gasteiger partial charge < -0.3 is 15.2 Å². The topological polar surface area (TPSA) is 114 Å². The highest BCUT2D eigenvalue weighted by Gasteiger charge is 2.17. The molecule has 148 valence electrons. The molecule has 0 aliphatic carbocycles. The first-order chi connectivity index (χ1) is 14.0. The van der Waals surface area contributed by atoms with Crippen LogP contribution in [0.15, 0.2) is 47.3 Å². The van der Waals surface area contributed by atoms with Gasteiger partial charge in [0.25, 0.3) is 11.5 Å². The number of hydrogen-bond donors (Lipinski definition) is 1. The molecule has 2 heterocycles. The van der Waals surface area contributed by atoms with Gasteiger partial charge >= 0.3 is 0 Å². The average Bonchev–Trinajstić information content (AvgIpc) is 3.16. The molecule has 2 aromatic carbocycles. The van der Waals surface area contributed by atoms with Crippen molar-refractivity contribution in [3.63, 3.8) is 0 Å². The third-order valence-corrected chi connectivity index (χ3v) is 4.70. The fourth-order valence-corrected chi connectivity index (χ4v) is 3.29. The summed E-state index contributed by atoms with van der Waals surface area (Å²) in [6, 6.07) is 12.1. The van der Waals surface area contributed by atoms with Crippen LogP contribution in [0.2, 0.25) is 0 Å². The minimum atomic E-state index is -0.629. The second-order valence-corrected chi connectivity index (χ2v) is 6.33. The Bertz CT molecular complexity index is 1290. The standard InChI is InChI=1S/C20H19N5O4/c1-3-24-19(27)13-6-4-5-7-15(13)25-17(22-23-20(24)25)11-29-16-9-8-12(28-2)10-14(16)18(21)26/h4-10H,3,11H2,1-2H3,(H2,21,26). The summed E-state index contributed by atoms with van der Waals surface area (Å²) >= 11 is 0. The third-order valence-electron chi connectivity index (χ3n) is 4.70. The summed E-state index contributed by atoms with van der Waals surface area (Å²) in [5.74, 6) is 1.10. The maximum Gasteiger partial charge on any atom is 0.262 e. The van der Waals surface area contributed by atoms with Gasteiger partial charge in [-0.3, -0.25) is 18.6 Å². The first-order valence-electron chi connectivity index (χ1n) is 9.01. The molecule has 0 bridgehead atoms. The molecule has 0 aliphatic heterocycles. The Morgan fingerprint density at radius 1 is 1.17 bits per heavy atom. The Balaban J connectivity index is 1.80. The summed E-state index contributed by atoms with van der Waals surface area (Å²) in [6.07, 6.45) is 0. The highest BCUT2D eigenvalue weighted by molar-refractivity contribution is 5.96. The van der Waals surface area contributed by atoms with E-state index in [0.29, 0.717) is 40.5 Å². The fraction of sp³-hybridized carbons (Fsp3) is 0.200. The lowest BCUT2D eigenvalue weighted by Crippen LogP contribution is -2.22. The van der Waals surface area contributed by atoms with Crippen LogP contribution in [0.5, 0.6) is 11.5 Å². The van der Waals surface area contributed by atoms with Crippen LogP contribution in [-0.2, 0) is 13.2 Å². The molecule has 2 N–H and O–H groups in total. The van der Waals surface area contributed by atoms with Crippen LogP contribution in [-0.4, -0.2) is 32.2 Å². The number of carbonyl (C=O) groups excluding carboxylic acids is 1. The van der Waals surface area contributed by atoms with Crippen molar-refractivity contribution in [2.45, 2.75) is 20.1 Å². The van der Waals surface area contributed by atoms with E-state index < -0.39 is 5.91 Å². The number of hydrogen-bond acceptors (Lipinski definition) is 6. The third kappa shape index (κ3) is 3.06. The molecule has 0 radical (unpaired) electrons. The quantitative estimate of drug-likeness (QED) is 0.534. The maximum absolute atomic E-state index is 12.7. The average molecular weight is 393 g/mol. The van der Waals surface area contributed by atoms with E-state index in [2.05, 4.69) is 10.2 Å². The molecule has 0 atom stereocenters. The number of methoxy groups -OCH3 is 1. The fourth-order valence-electron chi connectivity index (χ4n) is 3.29. The molecular formula is C20H19N5O4. The first kappa shape index (κ1) is 18.5. The zero-order valence-electron chi connectivity index (χ0n) is 16.0. The number of aryl methyl sites for hydroxylation is 1. The molecule has 4 rings (SSSR count). The monoisotopic (exact) mass is 393 g/mol. The summed E-state index contributed by atoms with van der Waals surface area (Å²) in [7, 11) is 1.50. The van der Waals surface area contributed by atoms with E-state index in [9.17, 15) is 9.59 Å². The molecule has 0 aliphatic rings. The van der Waals surface area contributed by atoms with Crippen molar-refractivity contribution >= 4 is 22.6 Å². The van der Waals surface area contributed by atoms with Crippen molar-refractivity contribution in [3.05, 3.63) is 64.2 Å². The van der Waals surface area contributed by atoms with Gasteiger partial charge in [0.05, 0.1) is 23.6 Å². The second-order valence-electron chi connectivity index (χ2n) is 6.33. The molecule has 0 fully saturated rings. The Labute approximate surface area is 165 Å². The van der Waals surface area contributed by atoms with Crippen LogP contribution in [0.25, 0.3) is 16.7 Å². The summed E-state index contributed by atoms with van der Waals surface area (Å²) in [4.78, 5) is 24.5. The number of para-hydroxylation sites is 1. The molecule has 9 heteroatoms. The second kappa shape index (κ2) is 7.27. The van der Waals surface area contributed by atoms with Crippen LogP contribution in [0, 0.1) is 0 Å². The van der Waals surface area contributed by atoms with Crippen LogP contribution in [0.4, 0.5) is 0 Å². The molecule has 2 aromatic heterocycles. The Morgan fingerprint density at radius 2 is 1.97 bits per heavy atom. The van der Waals surface area contributed by atoms with Gasteiger partial charge in [0, 0.05) is 6.54 Å². The van der Waals surface area contributed by atoms with Crippen molar-refractivity contribution in [3.8, 4) is 11.5 Å². The number of aromatic nitrogens is 4. The number of nitrogens with two attached hydrogens (primary N) is 1. The Morgan fingerprint density at radius 3 is 2.69 bits per heavy atom. The smallest absolute Gasteiger partial charge is 0.262 e. The van der Waals surface area contributed by atoms with E-state index in [-0.39, 0.29) is 17.7 Å². The molecule has 29 heavy (non-hydrogen) atoms. The normalized spacial score (nSPS) is 11.1. The summed E-state index contributed by atoms with van der Waals surface area (Å²) in [6.45, 7) is 2.35. The summed E-state index contributed by atoms with van der Waals surface area (Å²) in [5, 5.41) is 8.95. The number of carbonyl (C=O) groups is 1. The lowest BCUT2D eigenvalue weighted by atomic mass is 10.2. The highest BCUT2D eigenvalue weighted by Crippen LogP contribution is 2.25. The van der Waals surface area contributed by atoms with Crippen molar-refractivity contribution in [1.29, 1.82) is 0 Å². The predicted octanol–water partition coefficient (Wildman–Crippen LogP) is 1.75. The van der Waals surface area contributed by atoms with Crippen molar-refractivity contribution in [1.82, 2.24) is 19.2 Å². The SMILES string of the molecule is CCn1c(=O)c2ccccc2n2c(COc3ccc(OC)cc3C(N)=O)nnc12. The summed E-state index contributed by atoms with van der Waals surface area (Å²) in [5.41, 5.74) is 6.23. The molecule has 0 saturated carbocycles. The number of benzene rings is 2. The van der Waals surface area contributed by atoms with Gasteiger partial charge in [0.1, 0.15) is 18.1 Å². The molecule has 0 saturated heterocycles. The molecule has 9 nitrogen and oxygen atoms in total. The molecule has 0 unspecified atom stereocenters. The zero-order chi connectivity index (χ0) is 20.5. The minimum Gasteiger partial charge on any atom is -0.497 e. The van der Waals surface area contributed by atoms with Crippen molar-refractivity contribution in [2.24, 2.45) is 5.73 Å². The van der Waals surface area contributed by atoms with E-state index in [1.807, 2.05) is 25.1 Å². The van der Waals surface area contributed by atoms with E-state index >= 15 is 0 Å². The van der Waals surface area contributed by atoms with Crippen LogP contribution in [0.3, 0.4) is 0 Å². The molecular weight excluding hydrogens is 374 g/mol. The van der Waals surface area contributed by atoms with Gasteiger partial charge in [-0.25, -0.2) is 0 Å². The minimum absolute atomic E-state index is 0.0275. The lowest BCUT2D eigenvalue weighted by molar-refractivity contribution is 0.0995. The Kier molecular flexibility index (Phi) is 4.63. The number of nitrogens with zero attached hydrogens (tertiary/aromatic N) is 4. The largest absolute Gasteiger partial charge is 0.497 e. The maximum atomic E-state index is 12.7. The van der Waals surface area contributed by atoms with Crippen LogP contribution < -0.4 is 20.8 Å². The number of ether oxygens (including phenoxy) is 2. The summed E-state index contributed by atoms with van der Waals surface area (Å²) < 4.78 is 14.3. The molecule has 0 spiro atoms. The van der Waals surface area contributed by atoms with E-state index in [1.165, 1.54) is 13.2 Å². The predicted molar refractivity (Wildman–Crippen MR) is 106 cm³/mol. The van der Waals surface area contributed by atoms with Crippen molar-refractivity contribution in [2.75, 3.05) is 7.11 Å². The zero-order valence-corrected chi connectivity index (χ0v) is 16.0. The van der Waals surface area contributed by atoms with Gasteiger partial charge in [-0.1, -0.05) is 12.1 Å². The Hall–Kier alpha value is -3.88.